The lowest BCUT2D eigenvalue weighted by atomic mass is 9.72. The SMILES string of the molecule is OB(O)c1c2ccccc2c(-c2ccc3oc4cc5ccccc5cc4c3c2)c2ccccc12. The van der Waals surface area contributed by atoms with E-state index >= 15 is 0 Å². The summed E-state index contributed by atoms with van der Waals surface area (Å²) >= 11 is 0. The van der Waals surface area contributed by atoms with Crippen LogP contribution in [0.25, 0.3) is 65.4 Å². The molecule has 0 aliphatic carbocycles. The van der Waals surface area contributed by atoms with Gasteiger partial charge in [-0.15, -0.1) is 0 Å². The molecular weight excluding hydrogens is 419 g/mol. The van der Waals surface area contributed by atoms with Crippen molar-refractivity contribution in [2.75, 3.05) is 0 Å². The quantitative estimate of drug-likeness (QED) is 0.243. The molecular formula is C30H19BO3. The molecule has 7 rings (SSSR count). The lowest BCUT2D eigenvalue weighted by Crippen LogP contribution is -2.31. The highest BCUT2D eigenvalue weighted by Crippen LogP contribution is 2.39. The average molecular weight is 438 g/mol. The van der Waals surface area contributed by atoms with E-state index in [9.17, 15) is 10.0 Å². The Labute approximate surface area is 195 Å². The van der Waals surface area contributed by atoms with Crippen LogP contribution in [0.1, 0.15) is 0 Å². The second kappa shape index (κ2) is 7.19. The van der Waals surface area contributed by atoms with Crippen LogP contribution in [0.4, 0.5) is 0 Å². The summed E-state index contributed by atoms with van der Waals surface area (Å²) in [4.78, 5) is 0. The Hall–Kier alpha value is -4.12. The molecule has 6 aromatic carbocycles. The number of hydrogen-bond donors (Lipinski definition) is 2. The Balaban J connectivity index is 1.60. The molecule has 7 aromatic rings. The molecule has 0 radical (unpaired) electrons. The van der Waals surface area contributed by atoms with E-state index in [0.29, 0.717) is 5.46 Å². The maximum Gasteiger partial charge on any atom is 0.489 e. The number of fused-ring (bicyclic) bond motifs is 6. The number of hydrogen-bond acceptors (Lipinski definition) is 3. The summed E-state index contributed by atoms with van der Waals surface area (Å²) in [6.07, 6.45) is 0. The second-order valence-corrected chi connectivity index (χ2v) is 8.76. The molecule has 3 nitrogen and oxygen atoms in total. The summed E-state index contributed by atoms with van der Waals surface area (Å²) in [6, 6.07) is 34.8. The van der Waals surface area contributed by atoms with Crippen LogP contribution in [0.5, 0.6) is 0 Å². The van der Waals surface area contributed by atoms with Crippen molar-refractivity contribution in [3.63, 3.8) is 0 Å². The molecule has 160 valence electrons. The summed E-state index contributed by atoms with van der Waals surface area (Å²) in [5.41, 5.74) is 4.41. The van der Waals surface area contributed by atoms with Gasteiger partial charge in [0.15, 0.2) is 0 Å². The fraction of sp³-hybridized carbons (Fsp3) is 0. The van der Waals surface area contributed by atoms with Crippen LogP contribution in [-0.2, 0) is 0 Å². The van der Waals surface area contributed by atoms with E-state index < -0.39 is 7.12 Å². The highest BCUT2D eigenvalue weighted by molar-refractivity contribution is 6.66. The van der Waals surface area contributed by atoms with Gasteiger partial charge in [0, 0.05) is 10.8 Å². The Morgan fingerprint density at radius 3 is 1.71 bits per heavy atom. The van der Waals surface area contributed by atoms with Crippen molar-refractivity contribution >= 4 is 66.8 Å². The zero-order chi connectivity index (χ0) is 22.8. The lowest BCUT2D eigenvalue weighted by molar-refractivity contribution is 0.426. The van der Waals surface area contributed by atoms with Crippen LogP contribution < -0.4 is 5.46 Å². The smallest absolute Gasteiger partial charge is 0.456 e. The van der Waals surface area contributed by atoms with Gasteiger partial charge in [-0.1, -0.05) is 78.9 Å². The van der Waals surface area contributed by atoms with Gasteiger partial charge in [-0.3, -0.25) is 0 Å². The zero-order valence-electron chi connectivity index (χ0n) is 18.2. The molecule has 0 unspecified atom stereocenters. The van der Waals surface area contributed by atoms with Crippen LogP contribution in [0.15, 0.2) is 108 Å². The molecule has 0 saturated carbocycles. The maximum absolute atomic E-state index is 10.2. The van der Waals surface area contributed by atoms with Gasteiger partial charge in [-0.05, 0) is 73.2 Å². The van der Waals surface area contributed by atoms with E-state index in [1.807, 2.05) is 60.7 Å². The predicted octanol–water partition coefficient (Wildman–Crippen LogP) is 6.39. The van der Waals surface area contributed by atoms with Gasteiger partial charge in [0.1, 0.15) is 11.2 Å². The summed E-state index contributed by atoms with van der Waals surface area (Å²) < 4.78 is 6.21. The Morgan fingerprint density at radius 1 is 0.500 bits per heavy atom. The lowest BCUT2D eigenvalue weighted by Gasteiger charge is -2.17. The molecule has 34 heavy (non-hydrogen) atoms. The van der Waals surface area contributed by atoms with Crippen molar-refractivity contribution < 1.29 is 14.5 Å². The molecule has 1 heterocycles. The number of benzene rings is 6. The fourth-order valence-electron chi connectivity index (χ4n) is 5.37. The van der Waals surface area contributed by atoms with Gasteiger partial charge in [-0.2, -0.15) is 0 Å². The van der Waals surface area contributed by atoms with E-state index in [-0.39, 0.29) is 0 Å². The van der Waals surface area contributed by atoms with Crippen molar-refractivity contribution in [3.8, 4) is 11.1 Å². The van der Waals surface area contributed by atoms with Gasteiger partial charge < -0.3 is 14.5 Å². The molecule has 0 fully saturated rings. The molecule has 2 N–H and O–H groups in total. The molecule has 0 aliphatic heterocycles. The summed E-state index contributed by atoms with van der Waals surface area (Å²) in [5, 5.41) is 28.6. The fourth-order valence-corrected chi connectivity index (χ4v) is 5.37. The molecule has 1 aromatic heterocycles. The minimum Gasteiger partial charge on any atom is -0.456 e. The van der Waals surface area contributed by atoms with Gasteiger partial charge >= 0.3 is 7.12 Å². The molecule has 0 spiro atoms. The van der Waals surface area contributed by atoms with Crippen LogP contribution in [-0.4, -0.2) is 17.2 Å². The first-order valence-corrected chi connectivity index (χ1v) is 11.3. The van der Waals surface area contributed by atoms with E-state index in [1.165, 1.54) is 5.39 Å². The first kappa shape index (κ1) is 19.4. The van der Waals surface area contributed by atoms with Crippen LogP contribution in [0.3, 0.4) is 0 Å². The van der Waals surface area contributed by atoms with Gasteiger partial charge in [0.25, 0.3) is 0 Å². The third-order valence-electron chi connectivity index (χ3n) is 6.86. The van der Waals surface area contributed by atoms with Crippen LogP contribution in [0, 0.1) is 0 Å². The highest BCUT2D eigenvalue weighted by Gasteiger charge is 2.22. The standard InChI is InChI=1S/C30H19BO3/c32-31(33)30-23-11-5-3-9-21(23)29(22-10-4-6-12-24(22)30)20-13-14-27-25(16-20)26-15-18-7-1-2-8-19(18)17-28(26)34-27/h1-17,32-33H. The number of furan rings is 1. The van der Waals surface area contributed by atoms with Crippen molar-refractivity contribution in [2.45, 2.75) is 0 Å². The molecule has 4 heteroatoms. The monoisotopic (exact) mass is 438 g/mol. The molecule has 0 bridgehead atoms. The second-order valence-electron chi connectivity index (χ2n) is 8.76. The average Bonchev–Trinajstić information content (AvgIpc) is 3.22. The normalized spacial score (nSPS) is 11.8. The third kappa shape index (κ3) is 2.73. The topological polar surface area (TPSA) is 53.6 Å². The van der Waals surface area contributed by atoms with E-state index in [1.54, 1.807) is 0 Å². The molecule has 0 saturated heterocycles. The van der Waals surface area contributed by atoms with E-state index in [2.05, 4.69) is 42.5 Å². The van der Waals surface area contributed by atoms with Crippen LogP contribution in [0.2, 0.25) is 0 Å². The van der Waals surface area contributed by atoms with Crippen molar-refractivity contribution in [1.82, 2.24) is 0 Å². The molecule has 0 aliphatic rings. The van der Waals surface area contributed by atoms with Crippen molar-refractivity contribution in [2.24, 2.45) is 0 Å². The minimum absolute atomic E-state index is 0.538. The van der Waals surface area contributed by atoms with Gasteiger partial charge in [-0.25, -0.2) is 0 Å². The first-order chi connectivity index (χ1) is 16.7. The van der Waals surface area contributed by atoms with Crippen LogP contribution >= 0.6 is 0 Å². The van der Waals surface area contributed by atoms with E-state index in [4.69, 9.17) is 4.42 Å². The zero-order valence-corrected chi connectivity index (χ0v) is 18.2. The molecule has 0 atom stereocenters. The third-order valence-corrected chi connectivity index (χ3v) is 6.86. The largest absolute Gasteiger partial charge is 0.489 e. The number of rotatable bonds is 2. The first-order valence-electron chi connectivity index (χ1n) is 11.3. The highest BCUT2D eigenvalue weighted by atomic mass is 16.4. The summed E-state index contributed by atoms with van der Waals surface area (Å²) in [5.74, 6) is 0. The van der Waals surface area contributed by atoms with Crippen molar-refractivity contribution in [3.05, 3.63) is 103 Å². The van der Waals surface area contributed by atoms with E-state index in [0.717, 1.165) is 60.0 Å². The van der Waals surface area contributed by atoms with Gasteiger partial charge in [0.2, 0.25) is 0 Å². The summed E-state index contributed by atoms with van der Waals surface area (Å²) in [6.45, 7) is 0. The Morgan fingerprint density at radius 2 is 1.06 bits per heavy atom. The van der Waals surface area contributed by atoms with Gasteiger partial charge in [0.05, 0.1) is 0 Å². The predicted molar refractivity (Wildman–Crippen MR) is 141 cm³/mol. The minimum atomic E-state index is -1.56. The maximum atomic E-state index is 10.2. The Bertz CT molecular complexity index is 1840. The van der Waals surface area contributed by atoms with Crippen molar-refractivity contribution in [1.29, 1.82) is 0 Å². The Kier molecular flexibility index (Phi) is 4.10. The molecule has 0 amide bonds. The summed E-state index contributed by atoms with van der Waals surface area (Å²) in [7, 11) is -1.56.